The molecule has 2 atom stereocenters. The van der Waals surface area contributed by atoms with Crippen LogP contribution < -0.4 is 0 Å². The van der Waals surface area contributed by atoms with Gasteiger partial charge in [-0.2, -0.15) is 0 Å². The van der Waals surface area contributed by atoms with Gasteiger partial charge < -0.3 is 9.30 Å². The lowest BCUT2D eigenvalue weighted by Crippen LogP contribution is -2.24. The molecular formula is C21H20N2O3S. The summed E-state index contributed by atoms with van der Waals surface area (Å²) in [5.41, 5.74) is 3.03. The van der Waals surface area contributed by atoms with E-state index in [1.54, 1.807) is 7.11 Å². The Morgan fingerprint density at radius 1 is 1.07 bits per heavy atom. The number of fused-ring (bicyclic) bond motifs is 1. The van der Waals surface area contributed by atoms with Crippen molar-refractivity contribution in [1.82, 2.24) is 9.47 Å². The summed E-state index contributed by atoms with van der Waals surface area (Å²) in [4.78, 5) is 25.5. The second-order valence-electron chi connectivity index (χ2n) is 6.54. The van der Waals surface area contributed by atoms with Crippen LogP contribution >= 0.6 is 11.8 Å². The number of aromatic nitrogens is 1. The number of rotatable bonds is 5. The Balaban J connectivity index is 1.69. The summed E-state index contributed by atoms with van der Waals surface area (Å²) < 4.78 is 7.84. The highest BCUT2D eigenvalue weighted by Crippen LogP contribution is 2.41. The predicted octanol–water partition coefficient (Wildman–Crippen LogP) is 4.40. The third-order valence-corrected chi connectivity index (χ3v) is 6.16. The predicted molar refractivity (Wildman–Crippen MR) is 107 cm³/mol. The molecule has 1 aliphatic rings. The molecule has 0 bridgehead atoms. The van der Waals surface area contributed by atoms with Crippen molar-refractivity contribution in [2.75, 3.05) is 14.2 Å². The molecule has 1 fully saturated rings. The van der Waals surface area contributed by atoms with E-state index < -0.39 is 5.25 Å². The van der Waals surface area contributed by atoms with Crippen molar-refractivity contribution in [2.24, 2.45) is 0 Å². The van der Waals surface area contributed by atoms with Crippen LogP contribution in [0, 0.1) is 0 Å². The molecule has 5 nitrogen and oxygen atoms in total. The van der Waals surface area contributed by atoms with Crippen LogP contribution in [-0.4, -0.2) is 34.8 Å². The molecule has 0 radical (unpaired) electrons. The summed E-state index contributed by atoms with van der Waals surface area (Å²) in [7, 11) is 3.25. The quantitative estimate of drug-likeness (QED) is 0.658. The van der Waals surface area contributed by atoms with Crippen LogP contribution in [0.25, 0.3) is 10.9 Å². The van der Waals surface area contributed by atoms with Gasteiger partial charge in [0, 0.05) is 31.3 Å². The number of methoxy groups -OCH3 is 1. The van der Waals surface area contributed by atoms with E-state index in [1.807, 2.05) is 48.7 Å². The maximum atomic E-state index is 12.4. The zero-order chi connectivity index (χ0) is 19.0. The maximum absolute atomic E-state index is 12.4. The van der Waals surface area contributed by atoms with E-state index in [0.29, 0.717) is 6.54 Å². The number of carbonyl (C=O) groups excluding carboxylic acids is 2. The second kappa shape index (κ2) is 7.21. The highest BCUT2D eigenvalue weighted by Gasteiger charge is 2.39. The first-order chi connectivity index (χ1) is 13.1. The van der Waals surface area contributed by atoms with Gasteiger partial charge in [-0.05, 0) is 35.0 Å². The topological polar surface area (TPSA) is 51.5 Å². The first kappa shape index (κ1) is 17.8. The average Bonchev–Trinajstić information content (AvgIpc) is 3.23. The summed E-state index contributed by atoms with van der Waals surface area (Å²) in [6.07, 6.45) is 1.94. The monoisotopic (exact) mass is 380 g/mol. The van der Waals surface area contributed by atoms with Gasteiger partial charge in [0.2, 0.25) is 5.91 Å². The first-order valence-corrected chi connectivity index (χ1v) is 9.62. The fraction of sp³-hybridized carbons (Fsp3) is 0.238. The molecule has 138 valence electrons. The molecule has 0 N–H and O–H groups in total. The number of carbonyl (C=O) groups is 2. The van der Waals surface area contributed by atoms with Crippen LogP contribution in [0.1, 0.15) is 22.5 Å². The molecule has 4 rings (SSSR count). The lowest BCUT2D eigenvalue weighted by Gasteiger charge is -2.18. The Morgan fingerprint density at radius 2 is 1.85 bits per heavy atom. The number of benzene rings is 2. The van der Waals surface area contributed by atoms with Crippen molar-refractivity contribution in [3.05, 3.63) is 71.9 Å². The second-order valence-corrected chi connectivity index (χ2v) is 7.60. The van der Waals surface area contributed by atoms with E-state index in [0.717, 1.165) is 33.8 Å². The zero-order valence-corrected chi connectivity index (χ0v) is 16.0. The lowest BCUT2D eigenvalue weighted by atomic mass is 10.1. The fourth-order valence-corrected chi connectivity index (χ4v) is 4.53. The number of thioether (sulfide) groups is 1. The smallest absolute Gasteiger partial charge is 0.289 e. The van der Waals surface area contributed by atoms with Gasteiger partial charge in [-0.3, -0.25) is 14.5 Å². The number of amides is 2. The number of ether oxygens (including phenoxy) is 1. The van der Waals surface area contributed by atoms with Crippen LogP contribution in [0.5, 0.6) is 0 Å². The largest absolute Gasteiger partial charge is 0.375 e. The molecule has 1 aliphatic heterocycles. The van der Waals surface area contributed by atoms with Crippen LogP contribution in [0.3, 0.4) is 0 Å². The van der Waals surface area contributed by atoms with Crippen LogP contribution in [0.2, 0.25) is 0 Å². The molecule has 2 amide bonds. The summed E-state index contributed by atoms with van der Waals surface area (Å²) in [6.45, 7) is 0.665. The Morgan fingerprint density at radius 3 is 2.52 bits per heavy atom. The molecule has 2 unspecified atom stereocenters. The fourth-order valence-electron chi connectivity index (χ4n) is 3.49. The normalized spacial score (nSPS) is 18.4. The SMILES string of the molecule is COC(Cn1ccc2c(C3SC(=O)N(C)C3=O)cccc21)c1ccccc1. The molecule has 0 saturated carbocycles. The van der Waals surface area contributed by atoms with E-state index in [2.05, 4.69) is 16.7 Å². The summed E-state index contributed by atoms with van der Waals surface area (Å²) in [5, 5.41) is 0.314. The van der Waals surface area contributed by atoms with Gasteiger partial charge in [0.05, 0.1) is 12.6 Å². The Hall–Kier alpha value is -2.57. The standard InChI is InChI=1S/C21H20N2O3S/c1-22-20(24)19(27-21(22)25)16-9-6-10-17-15(16)11-12-23(17)13-18(26-2)14-7-4-3-5-8-14/h3-12,18-19H,13H2,1-2H3. The van der Waals surface area contributed by atoms with Gasteiger partial charge in [0.1, 0.15) is 5.25 Å². The summed E-state index contributed by atoms with van der Waals surface area (Å²) >= 11 is 1.08. The van der Waals surface area contributed by atoms with Gasteiger partial charge in [0.15, 0.2) is 0 Å². The highest BCUT2D eigenvalue weighted by atomic mass is 32.2. The average molecular weight is 380 g/mol. The minimum atomic E-state index is -0.477. The van der Waals surface area contributed by atoms with Crippen LogP contribution in [0.4, 0.5) is 4.79 Å². The number of imide groups is 1. The Kier molecular flexibility index (Phi) is 4.76. The lowest BCUT2D eigenvalue weighted by molar-refractivity contribution is -0.125. The Labute approximate surface area is 161 Å². The highest BCUT2D eigenvalue weighted by molar-refractivity contribution is 8.15. The molecule has 0 aliphatic carbocycles. The zero-order valence-electron chi connectivity index (χ0n) is 15.2. The van der Waals surface area contributed by atoms with Gasteiger partial charge in [0.25, 0.3) is 5.24 Å². The molecule has 1 saturated heterocycles. The molecule has 1 aromatic heterocycles. The van der Waals surface area contributed by atoms with E-state index in [4.69, 9.17) is 4.74 Å². The molecule has 2 aromatic carbocycles. The van der Waals surface area contributed by atoms with E-state index >= 15 is 0 Å². The molecule has 0 spiro atoms. The van der Waals surface area contributed by atoms with Gasteiger partial charge in [-0.15, -0.1) is 0 Å². The summed E-state index contributed by atoms with van der Waals surface area (Å²) in [5.74, 6) is -0.163. The van der Waals surface area contributed by atoms with Crippen molar-refractivity contribution < 1.29 is 14.3 Å². The van der Waals surface area contributed by atoms with E-state index in [1.165, 1.54) is 11.9 Å². The van der Waals surface area contributed by atoms with Crippen molar-refractivity contribution >= 4 is 33.8 Å². The third kappa shape index (κ3) is 3.15. The minimum absolute atomic E-state index is 0.0688. The number of nitrogens with zero attached hydrogens (tertiary/aromatic N) is 2. The van der Waals surface area contributed by atoms with Crippen LogP contribution in [0.15, 0.2) is 60.8 Å². The van der Waals surface area contributed by atoms with Crippen molar-refractivity contribution in [1.29, 1.82) is 0 Å². The molecular weight excluding hydrogens is 360 g/mol. The van der Waals surface area contributed by atoms with Gasteiger partial charge in [-0.1, -0.05) is 42.5 Å². The van der Waals surface area contributed by atoms with Crippen LogP contribution in [-0.2, 0) is 16.1 Å². The number of hydrogen-bond donors (Lipinski definition) is 0. The van der Waals surface area contributed by atoms with E-state index in [9.17, 15) is 9.59 Å². The summed E-state index contributed by atoms with van der Waals surface area (Å²) in [6, 6.07) is 18.0. The van der Waals surface area contributed by atoms with Gasteiger partial charge in [-0.25, -0.2) is 0 Å². The van der Waals surface area contributed by atoms with E-state index in [-0.39, 0.29) is 17.3 Å². The first-order valence-electron chi connectivity index (χ1n) is 8.74. The minimum Gasteiger partial charge on any atom is -0.375 e. The third-order valence-electron chi connectivity index (χ3n) is 5.00. The van der Waals surface area contributed by atoms with Crippen molar-refractivity contribution in [2.45, 2.75) is 17.9 Å². The van der Waals surface area contributed by atoms with Crippen molar-refractivity contribution in [3.8, 4) is 0 Å². The van der Waals surface area contributed by atoms with Gasteiger partial charge >= 0.3 is 0 Å². The number of hydrogen-bond acceptors (Lipinski definition) is 4. The number of likely N-dealkylation sites (N-methyl/N-ethyl adjacent to an activating group) is 1. The molecule has 6 heteroatoms. The Bertz CT molecular complexity index is 999. The maximum Gasteiger partial charge on any atom is 0.289 e. The van der Waals surface area contributed by atoms with Crippen molar-refractivity contribution in [3.63, 3.8) is 0 Å². The molecule has 3 aromatic rings. The molecule has 2 heterocycles. The molecule has 27 heavy (non-hydrogen) atoms.